The summed E-state index contributed by atoms with van der Waals surface area (Å²) in [6.07, 6.45) is 1.06. The minimum absolute atomic E-state index is 0.0338. The zero-order valence-electron chi connectivity index (χ0n) is 12.9. The number of methoxy groups -OCH3 is 1. The van der Waals surface area contributed by atoms with Crippen molar-refractivity contribution in [1.82, 2.24) is 0 Å². The van der Waals surface area contributed by atoms with E-state index in [4.69, 9.17) is 4.74 Å². The molecule has 124 valence electrons. The summed E-state index contributed by atoms with van der Waals surface area (Å²) in [6, 6.07) is 10.1. The molecule has 8 heteroatoms. The van der Waals surface area contributed by atoms with Crippen LogP contribution in [-0.4, -0.2) is 30.2 Å². The van der Waals surface area contributed by atoms with Crippen molar-refractivity contribution in [3.05, 3.63) is 48.0 Å². The molecule has 0 atom stereocenters. The number of benzene rings is 2. The molecule has 0 aliphatic heterocycles. The number of hydrogen-bond donors (Lipinski definition) is 1. The predicted octanol–water partition coefficient (Wildman–Crippen LogP) is 2.21. The van der Waals surface area contributed by atoms with Gasteiger partial charge in [-0.1, -0.05) is 6.07 Å². The molecule has 0 spiro atoms. The third-order valence-electron chi connectivity index (χ3n) is 3.16. The molecule has 0 bridgehead atoms. The van der Waals surface area contributed by atoms with Gasteiger partial charge in [0.05, 0.1) is 22.6 Å². The number of hydrogen-bond acceptors (Lipinski definition) is 5. The van der Waals surface area contributed by atoms with E-state index in [1.54, 1.807) is 18.2 Å². The second kappa shape index (κ2) is 6.21. The Labute approximate surface area is 136 Å². The molecular weight excluding hydrogens is 338 g/mol. The Kier molecular flexibility index (Phi) is 4.67. The first-order valence-corrected chi connectivity index (χ1v) is 9.98. The zero-order valence-corrected chi connectivity index (χ0v) is 14.5. The van der Waals surface area contributed by atoms with Crippen LogP contribution in [0, 0.1) is 6.92 Å². The molecule has 0 radical (unpaired) electrons. The van der Waals surface area contributed by atoms with Crippen LogP contribution in [0.4, 0.5) is 5.69 Å². The maximum Gasteiger partial charge on any atom is 0.262 e. The number of ether oxygens (including phenoxy) is 1. The lowest BCUT2D eigenvalue weighted by atomic mass is 10.2. The molecule has 0 aromatic heterocycles. The lowest BCUT2D eigenvalue weighted by Gasteiger charge is -2.12. The minimum atomic E-state index is -3.85. The summed E-state index contributed by atoms with van der Waals surface area (Å²) >= 11 is 0. The predicted molar refractivity (Wildman–Crippen MR) is 88.1 cm³/mol. The summed E-state index contributed by atoms with van der Waals surface area (Å²) in [7, 11) is -5.78. The highest BCUT2D eigenvalue weighted by atomic mass is 32.2. The van der Waals surface area contributed by atoms with Gasteiger partial charge in [0.25, 0.3) is 10.0 Å². The van der Waals surface area contributed by atoms with Gasteiger partial charge >= 0.3 is 0 Å². The summed E-state index contributed by atoms with van der Waals surface area (Å²) in [4.78, 5) is 0.0260. The van der Waals surface area contributed by atoms with Gasteiger partial charge in [-0.25, -0.2) is 16.8 Å². The van der Waals surface area contributed by atoms with Crippen LogP contribution in [0.1, 0.15) is 5.56 Å². The molecule has 0 amide bonds. The second-order valence-electron chi connectivity index (χ2n) is 5.05. The van der Waals surface area contributed by atoms with Crippen LogP contribution in [0.15, 0.2) is 52.3 Å². The fourth-order valence-electron chi connectivity index (χ4n) is 1.97. The van der Waals surface area contributed by atoms with Crippen molar-refractivity contribution in [2.45, 2.75) is 16.7 Å². The molecule has 2 aromatic carbocycles. The van der Waals surface area contributed by atoms with E-state index in [-0.39, 0.29) is 9.79 Å². The van der Waals surface area contributed by atoms with Crippen molar-refractivity contribution in [2.75, 3.05) is 18.1 Å². The SMILES string of the molecule is COc1ccc(C)cc1NS(=O)(=O)c1ccc(S(C)(=O)=O)cc1. The molecule has 2 rings (SSSR count). The Morgan fingerprint density at radius 1 is 0.913 bits per heavy atom. The number of anilines is 1. The molecule has 0 aliphatic rings. The van der Waals surface area contributed by atoms with Gasteiger partial charge in [-0.05, 0) is 48.9 Å². The van der Waals surface area contributed by atoms with E-state index in [0.29, 0.717) is 11.4 Å². The quantitative estimate of drug-likeness (QED) is 0.888. The van der Waals surface area contributed by atoms with Crippen molar-refractivity contribution in [1.29, 1.82) is 0 Å². The third kappa shape index (κ3) is 4.02. The van der Waals surface area contributed by atoms with Crippen molar-refractivity contribution in [3.63, 3.8) is 0 Å². The normalized spacial score (nSPS) is 12.0. The highest BCUT2D eigenvalue weighted by Crippen LogP contribution is 2.28. The van der Waals surface area contributed by atoms with Crippen LogP contribution >= 0.6 is 0 Å². The summed E-state index contributed by atoms with van der Waals surface area (Å²) in [5, 5.41) is 0. The van der Waals surface area contributed by atoms with Gasteiger partial charge in [0.15, 0.2) is 9.84 Å². The van der Waals surface area contributed by atoms with E-state index in [0.717, 1.165) is 11.8 Å². The minimum Gasteiger partial charge on any atom is -0.495 e. The van der Waals surface area contributed by atoms with Gasteiger partial charge in [-0.15, -0.1) is 0 Å². The lowest BCUT2D eigenvalue weighted by Crippen LogP contribution is -2.14. The van der Waals surface area contributed by atoms with E-state index in [9.17, 15) is 16.8 Å². The molecule has 23 heavy (non-hydrogen) atoms. The third-order valence-corrected chi connectivity index (χ3v) is 5.67. The average Bonchev–Trinajstić information content (AvgIpc) is 2.46. The van der Waals surface area contributed by atoms with Gasteiger partial charge < -0.3 is 4.74 Å². The maximum absolute atomic E-state index is 12.4. The zero-order chi connectivity index (χ0) is 17.3. The molecule has 0 unspecified atom stereocenters. The molecule has 0 saturated heterocycles. The molecule has 1 N–H and O–H groups in total. The van der Waals surface area contributed by atoms with E-state index >= 15 is 0 Å². The summed E-state index contributed by atoms with van der Waals surface area (Å²) < 4.78 is 55.3. The van der Waals surface area contributed by atoms with E-state index in [1.807, 2.05) is 6.92 Å². The highest BCUT2D eigenvalue weighted by Gasteiger charge is 2.17. The first kappa shape index (κ1) is 17.3. The Morgan fingerprint density at radius 3 is 2.00 bits per heavy atom. The fourth-order valence-corrected chi connectivity index (χ4v) is 3.66. The number of sulfone groups is 1. The Morgan fingerprint density at radius 2 is 1.48 bits per heavy atom. The van der Waals surface area contributed by atoms with E-state index < -0.39 is 19.9 Å². The lowest BCUT2D eigenvalue weighted by molar-refractivity contribution is 0.417. The Hall–Kier alpha value is -2.06. The summed E-state index contributed by atoms with van der Waals surface area (Å²) in [5.74, 6) is 0.395. The molecule has 0 aliphatic carbocycles. The number of sulfonamides is 1. The first-order chi connectivity index (χ1) is 10.6. The van der Waals surface area contributed by atoms with Crippen LogP contribution in [0.3, 0.4) is 0 Å². The van der Waals surface area contributed by atoms with E-state index in [2.05, 4.69) is 4.72 Å². The Balaban J connectivity index is 2.38. The van der Waals surface area contributed by atoms with Crippen molar-refractivity contribution in [2.24, 2.45) is 0 Å². The largest absolute Gasteiger partial charge is 0.495 e. The fraction of sp³-hybridized carbons (Fsp3) is 0.200. The maximum atomic E-state index is 12.4. The van der Waals surface area contributed by atoms with Crippen LogP contribution in [-0.2, 0) is 19.9 Å². The van der Waals surface area contributed by atoms with Crippen molar-refractivity contribution >= 4 is 25.5 Å². The topological polar surface area (TPSA) is 89.5 Å². The molecule has 2 aromatic rings. The van der Waals surface area contributed by atoms with Gasteiger partial charge in [0, 0.05) is 6.26 Å². The van der Waals surface area contributed by atoms with Crippen LogP contribution in [0.5, 0.6) is 5.75 Å². The second-order valence-corrected chi connectivity index (χ2v) is 8.75. The standard InChI is InChI=1S/C15H17NO5S2/c1-11-4-9-15(21-2)14(10-11)16-23(19,20)13-7-5-12(6-8-13)22(3,17)18/h4-10,16H,1-3H3. The van der Waals surface area contributed by atoms with Crippen LogP contribution in [0.2, 0.25) is 0 Å². The number of aryl methyl sites for hydroxylation is 1. The highest BCUT2D eigenvalue weighted by molar-refractivity contribution is 7.92. The van der Waals surface area contributed by atoms with Gasteiger partial charge in [-0.3, -0.25) is 4.72 Å². The van der Waals surface area contributed by atoms with Gasteiger partial charge in [0.1, 0.15) is 5.75 Å². The number of nitrogens with one attached hydrogen (secondary N) is 1. The summed E-state index contributed by atoms with van der Waals surface area (Å²) in [6.45, 7) is 1.83. The smallest absolute Gasteiger partial charge is 0.262 e. The average molecular weight is 355 g/mol. The monoisotopic (exact) mass is 355 g/mol. The van der Waals surface area contributed by atoms with E-state index in [1.165, 1.54) is 31.4 Å². The van der Waals surface area contributed by atoms with Gasteiger partial charge in [0.2, 0.25) is 0 Å². The number of rotatable bonds is 5. The van der Waals surface area contributed by atoms with Crippen LogP contribution in [0.25, 0.3) is 0 Å². The molecule has 6 nitrogen and oxygen atoms in total. The van der Waals surface area contributed by atoms with Gasteiger partial charge in [-0.2, -0.15) is 0 Å². The molecule has 0 fully saturated rings. The van der Waals surface area contributed by atoms with Crippen LogP contribution < -0.4 is 9.46 Å². The molecule has 0 heterocycles. The van der Waals surface area contributed by atoms with Crippen molar-refractivity contribution < 1.29 is 21.6 Å². The molecular formula is C15H17NO5S2. The Bertz CT molecular complexity index is 917. The van der Waals surface area contributed by atoms with Crippen molar-refractivity contribution in [3.8, 4) is 5.75 Å². The summed E-state index contributed by atoms with van der Waals surface area (Å²) in [5.41, 5.74) is 1.19. The first-order valence-electron chi connectivity index (χ1n) is 6.61. The molecule has 0 saturated carbocycles.